The Morgan fingerprint density at radius 1 is 1.59 bits per heavy atom. The maximum absolute atomic E-state index is 11.0. The highest BCUT2D eigenvalue weighted by Gasteiger charge is 2.09. The quantitative estimate of drug-likeness (QED) is 0.845. The zero-order valence-corrected chi connectivity index (χ0v) is 10.8. The van der Waals surface area contributed by atoms with Gasteiger partial charge >= 0.3 is 0 Å². The molecule has 0 radical (unpaired) electrons. The van der Waals surface area contributed by atoms with Crippen molar-refractivity contribution in [2.45, 2.75) is 19.4 Å². The van der Waals surface area contributed by atoms with Gasteiger partial charge in [-0.05, 0) is 25.1 Å². The predicted octanol–water partition coefficient (Wildman–Crippen LogP) is 1.87. The number of benzene rings is 1. The fourth-order valence-electron chi connectivity index (χ4n) is 1.39. The average molecular weight is 257 g/mol. The second-order valence-electron chi connectivity index (χ2n) is 3.74. The van der Waals surface area contributed by atoms with Crippen LogP contribution in [0.2, 0.25) is 5.02 Å². The zero-order valence-electron chi connectivity index (χ0n) is 10.00. The summed E-state index contributed by atoms with van der Waals surface area (Å²) in [5, 5.41) is 3.15. The molecular formula is C12H17ClN2O2. The second-order valence-corrected chi connectivity index (χ2v) is 4.18. The number of carbonyl (C=O) groups excluding carboxylic acids is 1. The molecule has 0 spiro atoms. The molecule has 0 bridgehead atoms. The van der Waals surface area contributed by atoms with Crippen LogP contribution in [0.1, 0.15) is 24.9 Å². The van der Waals surface area contributed by atoms with Crippen LogP contribution in [-0.2, 0) is 4.79 Å². The Kier molecular flexibility index (Phi) is 5.25. The molecule has 0 aliphatic heterocycles. The summed E-state index contributed by atoms with van der Waals surface area (Å²) in [6, 6.07) is 5.12. The van der Waals surface area contributed by atoms with Crippen LogP contribution in [0.3, 0.4) is 0 Å². The summed E-state index contributed by atoms with van der Waals surface area (Å²) in [5.41, 5.74) is 6.67. The van der Waals surface area contributed by atoms with Gasteiger partial charge in [0.05, 0.1) is 13.0 Å². The molecule has 1 atom stereocenters. The van der Waals surface area contributed by atoms with Crippen LogP contribution in [0.25, 0.3) is 0 Å². The highest BCUT2D eigenvalue weighted by atomic mass is 35.5. The molecule has 0 aliphatic carbocycles. The lowest BCUT2D eigenvalue weighted by Gasteiger charge is -2.14. The van der Waals surface area contributed by atoms with Crippen molar-refractivity contribution in [3.63, 3.8) is 0 Å². The first-order chi connectivity index (χ1) is 8.04. The fourth-order valence-corrected chi connectivity index (χ4v) is 1.57. The van der Waals surface area contributed by atoms with Gasteiger partial charge in [-0.2, -0.15) is 0 Å². The Labute approximate surface area is 106 Å². The SMILES string of the molecule is CNC(=O)CCOc1ccc(Cl)cc1[C@H](C)N. The molecule has 0 aliphatic rings. The van der Waals surface area contributed by atoms with Gasteiger partial charge in [0.25, 0.3) is 0 Å². The number of hydrogen-bond acceptors (Lipinski definition) is 3. The van der Waals surface area contributed by atoms with Gasteiger partial charge in [0.15, 0.2) is 0 Å². The summed E-state index contributed by atoms with van der Waals surface area (Å²) in [6.07, 6.45) is 0.317. The summed E-state index contributed by atoms with van der Waals surface area (Å²) >= 11 is 5.89. The molecular weight excluding hydrogens is 240 g/mol. The number of ether oxygens (including phenoxy) is 1. The maximum Gasteiger partial charge on any atom is 0.223 e. The normalized spacial score (nSPS) is 12.0. The maximum atomic E-state index is 11.0. The minimum absolute atomic E-state index is 0.0543. The Morgan fingerprint density at radius 3 is 2.88 bits per heavy atom. The van der Waals surface area contributed by atoms with Gasteiger partial charge in [0, 0.05) is 23.7 Å². The third-order valence-corrected chi connectivity index (χ3v) is 2.56. The standard InChI is InChI=1S/C12H17ClN2O2/c1-8(14)10-7-9(13)3-4-11(10)17-6-5-12(16)15-2/h3-4,7-8H,5-6,14H2,1-2H3,(H,15,16)/t8-/m0/s1. The summed E-state index contributed by atoms with van der Waals surface area (Å²) in [5.74, 6) is 0.620. The predicted molar refractivity (Wildman–Crippen MR) is 68.2 cm³/mol. The Hall–Kier alpha value is -1.26. The molecule has 0 saturated heterocycles. The first kappa shape index (κ1) is 13.8. The molecule has 0 saturated carbocycles. The number of halogens is 1. The minimum Gasteiger partial charge on any atom is -0.493 e. The monoisotopic (exact) mass is 256 g/mol. The second kappa shape index (κ2) is 6.47. The van der Waals surface area contributed by atoms with Crippen LogP contribution < -0.4 is 15.8 Å². The van der Waals surface area contributed by atoms with E-state index >= 15 is 0 Å². The number of carbonyl (C=O) groups is 1. The van der Waals surface area contributed by atoms with E-state index in [0.29, 0.717) is 23.8 Å². The van der Waals surface area contributed by atoms with Crippen molar-refractivity contribution in [1.82, 2.24) is 5.32 Å². The highest BCUT2D eigenvalue weighted by Crippen LogP contribution is 2.27. The van der Waals surface area contributed by atoms with Crippen LogP contribution in [0, 0.1) is 0 Å². The van der Waals surface area contributed by atoms with Crippen LogP contribution in [0.4, 0.5) is 0 Å². The van der Waals surface area contributed by atoms with E-state index in [2.05, 4.69) is 5.32 Å². The summed E-state index contributed by atoms with van der Waals surface area (Å²) in [4.78, 5) is 11.0. The smallest absolute Gasteiger partial charge is 0.223 e. The molecule has 0 aromatic heterocycles. The number of nitrogens with two attached hydrogens (primary N) is 1. The van der Waals surface area contributed by atoms with Crippen LogP contribution >= 0.6 is 11.6 Å². The van der Waals surface area contributed by atoms with Gasteiger partial charge in [0.2, 0.25) is 5.91 Å². The van der Waals surface area contributed by atoms with E-state index in [0.717, 1.165) is 5.56 Å². The minimum atomic E-state index is -0.163. The Balaban J connectivity index is 2.67. The zero-order chi connectivity index (χ0) is 12.8. The van der Waals surface area contributed by atoms with Crippen LogP contribution in [0.5, 0.6) is 5.75 Å². The molecule has 94 valence electrons. The highest BCUT2D eigenvalue weighted by molar-refractivity contribution is 6.30. The largest absolute Gasteiger partial charge is 0.493 e. The van der Waals surface area contributed by atoms with E-state index in [1.165, 1.54) is 0 Å². The number of amides is 1. The topological polar surface area (TPSA) is 64.3 Å². The molecule has 1 amide bonds. The summed E-state index contributed by atoms with van der Waals surface area (Å²) in [6.45, 7) is 2.18. The third kappa shape index (κ3) is 4.24. The van der Waals surface area contributed by atoms with Crippen molar-refractivity contribution in [2.75, 3.05) is 13.7 Å². The van der Waals surface area contributed by atoms with E-state index in [4.69, 9.17) is 22.1 Å². The van der Waals surface area contributed by atoms with Crippen molar-refractivity contribution in [3.8, 4) is 5.75 Å². The van der Waals surface area contributed by atoms with Crippen molar-refractivity contribution >= 4 is 17.5 Å². The van der Waals surface area contributed by atoms with Gasteiger partial charge in [-0.3, -0.25) is 4.79 Å². The van der Waals surface area contributed by atoms with Crippen LogP contribution in [0.15, 0.2) is 18.2 Å². The van der Waals surface area contributed by atoms with E-state index < -0.39 is 0 Å². The van der Waals surface area contributed by atoms with Gasteiger partial charge in [-0.1, -0.05) is 11.6 Å². The molecule has 3 N–H and O–H groups in total. The lowest BCUT2D eigenvalue weighted by molar-refractivity contribution is -0.121. The first-order valence-electron chi connectivity index (χ1n) is 5.43. The molecule has 17 heavy (non-hydrogen) atoms. The summed E-state index contributed by atoms with van der Waals surface area (Å²) in [7, 11) is 1.60. The van der Waals surface area contributed by atoms with Crippen molar-refractivity contribution in [2.24, 2.45) is 5.73 Å². The lowest BCUT2D eigenvalue weighted by atomic mass is 10.1. The molecule has 5 heteroatoms. The number of hydrogen-bond donors (Lipinski definition) is 2. The average Bonchev–Trinajstić information content (AvgIpc) is 2.30. The van der Waals surface area contributed by atoms with E-state index in [1.54, 1.807) is 25.2 Å². The molecule has 1 rings (SSSR count). The van der Waals surface area contributed by atoms with Crippen molar-refractivity contribution in [3.05, 3.63) is 28.8 Å². The summed E-state index contributed by atoms with van der Waals surface area (Å²) < 4.78 is 5.53. The fraction of sp³-hybridized carbons (Fsp3) is 0.417. The van der Waals surface area contributed by atoms with Gasteiger partial charge in [-0.25, -0.2) is 0 Å². The molecule has 1 aromatic rings. The van der Waals surface area contributed by atoms with Gasteiger partial charge in [0.1, 0.15) is 5.75 Å². The molecule has 4 nitrogen and oxygen atoms in total. The molecule has 0 fully saturated rings. The van der Waals surface area contributed by atoms with Crippen LogP contribution in [-0.4, -0.2) is 19.6 Å². The Bertz CT molecular complexity index is 394. The van der Waals surface area contributed by atoms with E-state index in [9.17, 15) is 4.79 Å². The lowest BCUT2D eigenvalue weighted by Crippen LogP contribution is -2.20. The number of rotatable bonds is 5. The van der Waals surface area contributed by atoms with Crippen molar-refractivity contribution < 1.29 is 9.53 Å². The Morgan fingerprint density at radius 2 is 2.29 bits per heavy atom. The molecule has 0 heterocycles. The van der Waals surface area contributed by atoms with Gasteiger partial charge < -0.3 is 15.8 Å². The first-order valence-corrected chi connectivity index (χ1v) is 5.80. The van der Waals surface area contributed by atoms with Crippen molar-refractivity contribution in [1.29, 1.82) is 0 Å². The van der Waals surface area contributed by atoms with E-state index in [-0.39, 0.29) is 11.9 Å². The van der Waals surface area contributed by atoms with E-state index in [1.807, 2.05) is 6.92 Å². The molecule has 1 aromatic carbocycles. The van der Waals surface area contributed by atoms with Gasteiger partial charge in [-0.15, -0.1) is 0 Å². The third-order valence-electron chi connectivity index (χ3n) is 2.33. The number of nitrogens with one attached hydrogen (secondary N) is 1. The molecule has 0 unspecified atom stereocenters.